The standard InChI is InChI=1S/C16H18F2N4O/c17-11-3-4-12(13(18)7-11)14(23)8-21-5-6-22-15(9-21)19-20-16(22)10-1-2-10/h3-4,7,10,14,23H,1-2,5-6,8-9H2/t14-/m0/s1. The zero-order valence-electron chi connectivity index (χ0n) is 12.6. The first-order chi connectivity index (χ1) is 11.1. The molecule has 7 heteroatoms. The smallest absolute Gasteiger partial charge is 0.147 e. The van der Waals surface area contributed by atoms with Gasteiger partial charge in [0.1, 0.15) is 23.3 Å². The second kappa shape index (κ2) is 5.65. The van der Waals surface area contributed by atoms with E-state index < -0.39 is 17.7 Å². The lowest BCUT2D eigenvalue weighted by molar-refractivity contribution is 0.0933. The van der Waals surface area contributed by atoms with Crippen molar-refractivity contribution in [1.82, 2.24) is 19.7 Å². The van der Waals surface area contributed by atoms with Crippen molar-refractivity contribution >= 4 is 0 Å². The Morgan fingerprint density at radius 1 is 1.22 bits per heavy atom. The van der Waals surface area contributed by atoms with Crippen molar-refractivity contribution < 1.29 is 13.9 Å². The Labute approximate surface area is 132 Å². The number of β-amino-alcohol motifs (C(OH)–C–C–N with tert-alkyl or cyclic N) is 1. The molecule has 1 aliphatic heterocycles. The number of benzene rings is 1. The molecule has 2 aliphatic rings. The molecule has 1 aliphatic carbocycles. The van der Waals surface area contributed by atoms with Gasteiger partial charge in [0, 0.05) is 37.2 Å². The Balaban J connectivity index is 1.45. The highest BCUT2D eigenvalue weighted by atomic mass is 19.1. The van der Waals surface area contributed by atoms with E-state index in [2.05, 4.69) is 14.8 Å². The number of nitrogens with zero attached hydrogens (tertiary/aromatic N) is 4. The van der Waals surface area contributed by atoms with Crippen molar-refractivity contribution in [3.8, 4) is 0 Å². The zero-order valence-corrected chi connectivity index (χ0v) is 12.6. The summed E-state index contributed by atoms with van der Waals surface area (Å²) in [4.78, 5) is 2.02. The minimum atomic E-state index is -0.993. The van der Waals surface area contributed by atoms with E-state index >= 15 is 0 Å². The molecule has 1 atom stereocenters. The molecule has 1 aromatic heterocycles. The zero-order chi connectivity index (χ0) is 16.0. The summed E-state index contributed by atoms with van der Waals surface area (Å²) < 4.78 is 28.9. The van der Waals surface area contributed by atoms with Crippen LogP contribution in [0.5, 0.6) is 0 Å². The number of aliphatic hydroxyl groups is 1. The normalized spacial score (nSPS) is 19.6. The molecule has 122 valence electrons. The third-order valence-electron chi connectivity index (χ3n) is 4.56. The monoisotopic (exact) mass is 320 g/mol. The number of rotatable bonds is 4. The van der Waals surface area contributed by atoms with E-state index in [1.807, 2.05) is 4.90 Å². The maximum Gasteiger partial charge on any atom is 0.147 e. The summed E-state index contributed by atoms with van der Waals surface area (Å²) >= 11 is 0. The van der Waals surface area contributed by atoms with Gasteiger partial charge in [-0.2, -0.15) is 0 Å². The van der Waals surface area contributed by atoms with Crippen LogP contribution in [-0.2, 0) is 13.1 Å². The fraction of sp³-hybridized carbons (Fsp3) is 0.500. The Morgan fingerprint density at radius 3 is 2.78 bits per heavy atom. The number of fused-ring (bicyclic) bond motifs is 1. The molecule has 0 radical (unpaired) electrons. The molecule has 1 N–H and O–H groups in total. The van der Waals surface area contributed by atoms with Crippen LogP contribution in [0.3, 0.4) is 0 Å². The molecule has 1 aromatic carbocycles. The molecule has 4 rings (SSSR count). The number of hydrogen-bond donors (Lipinski definition) is 1. The fourth-order valence-electron chi connectivity index (χ4n) is 3.14. The Hall–Kier alpha value is -1.86. The van der Waals surface area contributed by atoms with Crippen LogP contribution in [0.2, 0.25) is 0 Å². The predicted octanol–water partition coefficient (Wildman–Crippen LogP) is 1.98. The Bertz CT molecular complexity index is 729. The van der Waals surface area contributed by atoms with Gasteiger partial charge >= 0.3 is 0 Å². The average Bonchev–Trinajstić information content (AvgIpc) is 3.27. The van der Waals surface area contributed by atoms with Gasteiger partial charge in [-0.15, -0.1) is 10.2 Å². The number of aliphatic hydroxyl groups excluding tert-OH is 1. The van der Waals surface area contributed by atoms with Crippen LogP contribution in [0.15, 0.2) is 18.2 Å². The van der Waals surface area contributed by atoms with Gasteiger partial charge < -0.3 is 9.67 Å². The summed E-state index contributed by atoms with van der Waals surface area (Å²) in [7, 11) is 0. The minimum absolute atomic E-state index is 0.122. The van der Waals surface area contributed by atoms with Gasteiger partial charge in [-0.05, 0) is 18.9 Å². The molecule has 2 aromatic rings. The second-order valence-corrected chi connectivity index (χ2v) is 6.32. The van der Waals surface area contributed by atoms with Gasteiger partial charge in [-0.1, -0.05) is 6.07 Å². The molecular formula is C16H18F2N4O. The first-order valence-electron chi connectivity index (χ1n) is 7.89. The SMILES string of the molecule is O[C@@H](CN1CCn2c(nnc2C2CC2)C1)c1ccc(F)cc1F. The number of hydrogen-bond acceptors (Lipinski definition) is 4. The first kappa shape index (κ1) is 14.7. The fourth-order valence-corrected chi connectivity index (χ4v) is 3.14. The van der Waals surface area contributed by atoms with E-state index in [1.54, 1.807) is 0 Å². The molecule has 0 spiro atoms. The second-order valence-electron chi connectivity index (χ2n) is 6.32. The Morgan fingerprint density at radius 2 is 2.04 bits per heavy atom. The average molecular weight is 320 g/mol. The molecule has 0 saturated heterocycles. The van der Waals surface area contributed by atoms with Crippen LogP contribution >= 0.6 is 0 Å². The number of aromatic nitrogens is 3. The van der Waals surface area contributed by atoms with E-state index in [4.69, 9.17) is 0 Å². The predicted molar refractivity (Wildman–Crippen MR) is 78.6 cm³/mol. The molecule has 1 fully saturated rings. The number of halogens is 2. The highest BCUT2D eigenvalue weighted by Crippen LogP contribution is 2.39. The third-order valence-corrected chi connectivity index (χ3v) is 4.56. The molecule has 23 heavy (non-hydrogen) atoms. The van der Waals surface area contributed by atoms with Crippen LogP contribution < -0.4 is 0 Å². The van der Waals surface area contributed by atoms with Crippen molar-refractivity contribution in [2.24, 2.45) is 0 Å². The molecule has 0 unspecified atom stereocenters. The van der Waals surface area contributed by atoms with Gasteiger partial charge in [-0.25, -0.2) is 8.78 Å². The summed E-state index contributed by atoms with van der Waals surface area (Å²) in [5.41, 5.74) is 0.122. The van der Waals surface area contributed by atoms with Gasteiger partial charge in [0.25, 0.3) is 0 Å². The van der Waals surface area contributed by atoms with Crippen molar-refractivity contribution in [3.05, 3.63) is 47.0 Å². The van der Waals surface area contributed by atoms with Crippen molar-refractivity contribution in [2.75, 3.05) is 13.1 Å². The summed E-state index contributed by atoms with van der Waals surface area (Å²) in [5, 5.41) is 18.8. The highest BCUT2D eigenvalue weighted by Gasteiger charge is 2.32. The molecule has 5 nitrogen and oxygen atoms in total. The molecule has 0 amide bonds. The lowest BCUT2D eigenvalue weighted by Gasteiger charge is -2.29. The summed E-state index contributed by atoms with van der Waals surface area (Å²) in [5.74, 6) is 1.17. The molecule has 1 saturated carbocycles. The van der Waals surface area contributed by atoms with Crippen molar-refractivity contribution in [2.45, 2.75) is 38.0 Å². The maximum atomic E-state index is 13.7. The maximum absolute atomic E-state index is 13.7. The lowest BCUT2D eigenvalue weighted by atomic mass is 10.1. The molecule has 2 heterocycles. The summed E-state index contributed by atoms with van der Waals surface area (Å²) in [6.07, 6.45) is 1.38. The topological polar surface area (TPSA) is 54.2 Å². The van der Waals surface area contributed by atoms with Crippen molar-refractivity contribution in [3.63, 3.8) is 0 Å². The minimum Gasteiger partial charge on any atom is -0.387 e. The van der Waals surface area contributed by atoms with Gasteiger partial charge in [0.2, 0.25) is 0 Å². The van der Waals surface area contributed by atoms with E-state index in [1.165, 1.54) is 18.9 Å². The Kier molecular flexibility index (Phi) is 3.61. The van der Waals surface area contributed by atoms with Gasteiger partial charge in [0.05, 0.1) is 12.6 Å². The third kappa shape index (κ3) is 2.86. The van der Waals surface area contributed by atoms with Crippen LogP contribution in [0.1, 0.15) is 42.1 Å². The van der Waals surface area contributed by atoms with Gasteiger partial charge in [0.15, 0.2) is 0 Å². The van der Waals surface area contributed by atoms with Crippen LogP contribution in [0.4, 0.5) is 8.78 Å². The highest BCUT2D eigenvalue weighted by molar-refractivity contribution is 5.21. The van der Waals surface area contributed by atoms with Crippen LogP contribution in [0, 0.1) is 11.6 Å². The molecular weight excluding hydrogens is 302 g/mol. The van der Waals surface area contributed by atoms with Gasteiger partial charge in [-0.3, -0.25) is 4.90 Å². The first-order valence-corrected chi connectivity index (χ1v) is 7.89. The quantitative estimate of drug-likeness (QED) is 0.936. The summed E-state index contributed by atoms with van der Waals surface area (Å²) in [6.45, 7) is 2.41. The van der Waals surface area contributed by atoms with E-state index in [0.717, 1.165) is 36.9 Å². The van der Waals surface area contributed by atoms with Crippen molar-refractivity contribution in [1.29, 1.82) is 0 Å². The summed E-state index contributed by atoms with van der Waals surface area (Å²) in [6, 6.07) is 3.26. The largest absolute Gasteiger partial charge is 0.387 e. The van der Waals surface area contributed by atoms with Crippen LogP contribution in [-0.4, -0.2) is 37.9 Å². The van der Waals surface area contributed by atoms with Crippen LogP contribution in [0.25, 0.3) is 0 Å². The van der Waals surface area contributed by atoms with E-state index in [0.29, 0.717) is 12.5 Å². The van der Waals surface area contributed by atoms with E-state index in [-0.39, 0.29) is 12.1 Å². The lowest BCUT2D eigenvalue weighted by Crippen LogP contribution is -2.37. The molecule has 0 bridgehead atoms. The van der Waals surface area contributed by atoms with E-state index in [9.17, 15) is 13.9 Å².